The molecule has 2 fully saturated rings. The highest BCUT2D eigenvalue weighted by Gasteiger charge is 2.40. The molecule has 0 amide bonds. The summed E-state index contributed by atoms with van der Waals surface area (Å²) >= 11 is 0. The third-order valence-corrected chi connectivity index (χ3v) is 5.93. The van der Waals surface area contributed by atoms with Gasteiger partial charge in [0.1, 0.15) is 0 Å². The van der Waals surface area contributed by atoms with Gasteiger partial charge in [0.25, 0.3) is 0 Å². The summed E-state index contributed by atoms with van der Waals surface area (Å²) in [5.74, 6) is 0. The summed E-state index contributed by atoms with van der Waals surface area (Å²) in [6.07, 6.45) is 11.7. The van der Waals surface area contributed by atoms with Crippen molar-refractivity contribution in [2.24, 2.45) is 0 Å². The minimum atomic E-state index is -0.0980. The molecular weight excluding hydrogens is 258 g/mol. The smallest absolute Gasteiger partial charge is 0.0695 e. The Kier molecular flexibility index (Phi) is 3.39. The van der Waals surface area contributed by atoms with Crippen LogP contribution in [-0.2, 0) is 5.41 Å². The SMILES string of the molecule is O[C@H]1CCCC[C@@H]1N1CCC2(C=Cc3ccccc32)CC1. The molecule has 1 aliphatic heterocycles. The first-order valence-electron chi connectivity index (χ1n) is 8.49. The second kappa shape index (κ2) is 5.26. The molecule has 0 unspecified atom stereocenters. The van der Waals surface area contributed by atoms with Crippen LogP contribution in [0.15, 0.2) is 30.3 Å². The van der Waals surface area contributed by atoms with E-state index in [-0.39, 0.29) is 11.5 Å². The lowest BCUT2D eigenvalue weighted by molar-refractivity contribution is 0.00392. The van der Waals surface area contributed by atoms with Gasteiger partial charge >= 0.3 is 0 Å². The highest BCUT2D eigenvalue weighted by Crippen LogP contribution is 2.44. The second-order valence-electron chi connectivity index (χ2n) is 7.03. The first kappa shape index (κ1) is 13.5. The average Bonchev–Trinajstić information content (AvgIpc) is 2.88. The molecule has 3 aliphatic rings. The average molecular weight is 283 g/mol. The Morgan fingerprint density at radius 3 is 2.62 bits per heavy atom. The quantitative estimate of drug-likeness (QED) is 0.854. The van der Waals surface area contributed by atoms with Crippen LogP contribution in [0.5, 0.6) is 0 Å². The van der Waals surface area contributed by atoms with E-state index in [4.69, 9.17) is 0 Å². The fourth-order valence-electron chi connectivity index (χ4n) is 4.64. The van der Waals surface area contributed by atoms with Crippen LogP contribution in [0.25, 0.3) is 6.08 Å². The van der Waals surface area contributed by atoms with Gasteiger partial charge in [-0.15, -0.1) is 0 Å². The fraction of sp³-hybridized carbons (Fsp3) is 0.579. The van der Waals surface area contributed by atoms with Gasteiger partial charge in [0, 0.05) is 11.5 Å². The maximum atomic E-state index is 10.3. The third kappa shape index (κ3) is 2.25. The summed E-state index contributed by atoms with van der Waals surface area (Å²) in [5, 5.41) is 10.3. The highest BCUT2D eigenvalue weighted by molar-refractivity contribution is 5.65. The van der Waals surface area contributed by atoms with Crippen molar-refractivity contribution in [1.29, 1.82) is 0 Å². The number of hydrogen-bond donors (Lipinski definition) is 1. The van der Waals surface area contributed by atoms with Gasteiger partial charge in [0.2, 0.25) is 0 Å². The zero-order valence-electron chi connectivity index (χ0n) is 12.7. The topological polar surface area (TPSA) is 23.5 Å². The van der Waals surface area contributed by atoms with E-state index in [2.05, 4.69) is 41.3 Å². The van der Waals surface area contributed by atoms with Crippen molar-refractivity contribution in [2.45, 2.75) is 56.1 Å². The van der Waals surface area contributed by atoms with E-state index in [1.54, 1.807) is 0 Å². The number of aliphatic hydroxyl groups excluding tert-OH is 1. The van der Waals surface area contributed by atoms with E-state index in [1.807, 2.05) is 0 Å². The maximum absolute atomic E-state index is 10.3. The Morgan fingerprint density at radius 1 is 1.05 bits per heavy atom. The lowest BCUT2D eigenvalue weighted by atomic mass is 9.74. The van der Waals surface area contributed by atoms with Gasteiger partial charge in [-0.2, -0.15) is 0 Å². The first-order chi connectivity index (χ1) is 10.3. The van der Waals surface area contributed by atoms with E-state index in [9.17, 15) is 5.11 Å². The van der Waals surface area contributed by atoms with Crippen molar-refractivity contribution >= 4 is 6.08 Å². The summed E-state index contributed by atoms with van der Waals surface area (Å²) in [6.45, 7) is 2.25. The Bertz CT molecular complexity index is 542. The summed E-state index contributed by atoms with van der Waals surface area (Å²) in [7, 11) is 0. The van der Waals surface area contributed by atoms with Gasteiger partial charge in [-0.1, -0.05) is 49.3 Å². The maximum Gasteiger partial charge on any atom is 0.0695 e. The van der Waals surface area contributed by atoms with Gasteiger partial charge in [0.15, 0.2) is 0 Å². The Labute approximate surface area is 127 Å². The first-order valence-corrected chi connectivity index (χ1v) is 8.49. The largest absolute Gasteiger partial charge is 0.391 e. The molecule has 1 N–H and O–H groups in total. The number of piperidine rings is 1. The van der Waals surface area contributed by atoms with Crippen LogP contribution in [0.2, 0.25) is 0 Å². The van der Waals surface area contributed by atoms with E-state index in [0.29, 0.717) is 6.04 Å². The van der Waals surface area contributed by atoms with E-state index >= 15 is 0 Å². The van der Waals surface area contributed by atoms with Crippen LogP contribution in [0.1, 0.15) is 49.7 Å². The van der Waals surface area contributed by atoms with Gasteiger partial charge in [-0.3, -0.25) is 4.90 Å². The lowest BCUT2D eigenvalue weighted by Crippen LogP contribution is -2.51. The van der Waals surface area contributed by atoms with Crippen LogP contribution in [0.4, 0.5) is 0 Å². The van der Waals surface area contributed by atoms with Crippen LogP contribution in [-0.4, -0.2) is 35.2 Å². The minimum absolute atomic E-state index is 0.0980. The lowest BCUT2D eigenvalue weighted by Gasteiger charge is -2.45. The number of allylic oxidation sites excluding steroid dienone is 1. The molecule has 0 aromatic heterocycles. The summed E-state index contributed by atoms with van der Waals surface area (Å²) in [5.41, 5.74) is 3.20. The van der Waals surface area contributed by atoms with Gasteiger partial charge in [0.05, 0.1) is 6.10 Å². The zero-order valence-corrected chi connectivity index (χ0v) is 12.7. The molecule has 2 heteroatoms. The van der Waals surface area contributed by atoms with Crippen molar-refractivity contribution in [3.63, 3.8) is 0 Å². The predicted molar refractivity (Wildman–Crippen MR) is 86.2 cm³/mol. The molecule has 2 aliphatic carbocycles. The molecule has 1 spiro atoms. The molecule has 0 radical (unpaired) electrons. The molecular formula is C19H25NO. The van der Waals surface area contributed by atoms with Crippen molar-refractivity contribution in [1.82, 2.24) is 4.90 Å². The number of hydrogen-bond acceptors (Lipinski definition) is 2. The van der Waals surface area contributed by atoms with E-state index in [0.717, 1.165) is 19.5 Å². The van der Waals surface area contributed by atoms with Crippen molar-refractivity contribution in [2.75, 3.05) is 13.1 Å². The van der Waals surface area contributed by atoms with Crippen LogP contribution in [0.3, 0.4) is 0 Å². The molecule has 2 atom stereocenters. The fourth-order valence-corrected chi connectivity index (χ4v) is 4.64. The van der Waals surface area contributed by atoms with Crippen LogP contribution < -0.4 is 0 Å². The number of aliphatic hydroxyl groups is 1. The third-order valence-electron chi connectivity index (χ3n) is 5.93. The molecule has 1 heterocycles. The number of benzene rings is 1. The molecule has 2 nitrogen and oxygen atoms in total. The standard InChI is InChI=1S/C19H25NO/c21-18-8-4-3-7-17(18)20-13-11-19(12-14-20)10-9-15-5-1-2-6-16(15)19/h1-2,5-6,9-10,17-18,21H,3-4,7-8,11-14H2/t17-,18-/m0/s1. The Balaban J connectivity index is 1.49. The normalized spacial score (nSPS) is 31.5. The Morgan fingerprint density at radius 2 is 1.81 bits per heavy atom. The Hall–Kier alpha value is -1.12. The molecule has 1 aromatic carbocycles. The molecule has 0 bridgehead atoms. The van der Waals surface area contributed by atoms with Crippen molar-refractivity contribution in [3.05, 3.63) is 41.5 Å². The predicted octanol–water partition coefficient (Wildman–Crippen LogP) is 3.35. The summed E-state index contributed by atoms with van der Waals surface area (Å²) < 4.78 is 0. The zero-order chi connectivity index (χ0) is 14.3. The van der Waals surface area contributed by atoms with Gasteiger partial charge in [-0.25, -0.2) is 0 Å². The van der Waals surface area contributed by atoms with Gasteiger partial charge in [-0.05, 0) is 49.9 Å². The molecule has 1 saturated heterocycles. The second-order valence-corrected chi connectivity index (χ2v) is 7.03. The number of fused-ring (bicyclic) bond motifs is 2. The van der Waals surface area contributed by atoms with Gasteiger partial charge < -0.3 is 5.11 Å². The van der Waals surface area contributed by atoms with Crippen molar-refractivity contribution in [3.8, 4) is 0 Å². The highest BCUT2D eigenvalue weighted by atomic mass is 16.3. The number of rotatable bonds is 1. The summed E-state index contributed by atoms with van der Waals surface area (Å²) in [4.78, 5) is 2.56. The van der Waals surface area contributed by atoms with Crippen LogP contribution >= 0.6 is 0 Å². The van der Waals surface area contributed by atoms with E-state index < -0.39 is 0 Å². The van der Waals surface area contributed by atoms with E-state index in [1.165, 1.54) is 43.2 Å². The molecule has 112 valence electrons. The molecule has 4 rings (SSSR count). The number of likely N-dealkylation sites (tertiary alicyclic amines) is 1. The molecule has 1 aromatic rings. The molecule has 1 saturated carbocycles. The minimum Gasteiger partial charge on any atom is -0.391 e. The summed E-state index contributed by atoms with van der Waals surface area (Å²) in [6, 6.07) is 9.26. The van der Waals surface area contributed by atoms with Crippen molar-refractivity contribution < 1.29 is 5.11 Å². The monoisotopic (exact) mass is 283 g/mol. The number of nitrogens with zero attached hydrogens (tertiary/aromatic N) is 1. The molecule has 21 heavy (non-hydrogen) atoms. The van der Waals surface area contributed by atoms with Crippen LogP contribution in [0, 0.1) is 0 Å².